The average molecular weight is 414 g/mol. The molecule has 0 aliphatic carbocycles. The third-order valence-electron chi connectivity index (χ3n) is 4.39. The van der Waals surface area contributed by atoms with Crippen molar-refractivity contribution in [2.45, 2.75) is 0 Å². The van der Waals surface area contributed by atoms with E-state index in [0.717, 1.165) is 11.1 Å². The minimum Gasteiger partial charge on any atom is -0.497 e. The van der Waals surface area contributed by atoms with Crippen molar-refractivity contribution in [3.63, 3.8) is 0 Å². The lowest BCUT2D eigenvalue weighted by molar-refractivity contribution is -0.128. The molecule has 0 saturated carbocycles. The first kappa shape index (κ1) is 21.6. The van der Waals surface area contributed by atoms with Crippen LogP contribution in [-0.4, -0.2) is 26.0 Å². The predicted octanol–water partition coefficient (Wildman–Crippen LogP) is 5.22. The molecule has 0 fully saturated rings. The van der Waals surface area contributed by atoms with Gasteiger partial charge in [0.2, 0.25) is 0 Å². The number of hydrogen-bond acceptors (Lipinski definition) is 5. The van der Waals surface area contributed by atoms with Crippen LogP contribution in [0.4, 0.5) is 0 Å². The molecular weight excluding hydrogens is 392 g/mol. The summed E-state index contributed by atoms with van der Waals surface area (Å²) in [6.07, 6.45) is 6.16. The van der Waals surface area contributed by atoms with Crippen molar-refractivity contribution in [1.29, 1.82) is 0 Å². The third kappa shape index (κ3) is 6.18. The fourth-order valence-corrected chi connectivity index (χ4v) is 2.82. The molecule has 5 heteroatoms. The van der Waals surface area contributed by atoms with Crippen LogP contribution in [0.25, 0.3) is 12.2 Å². The number of carbonyl (C=O) groups excluding carboxylic acids is 2. The summed E-state index contributed by atoms with van der Waals surface area (Å²) >= 11 is 0. The van der Waals surface area contributed by atoms with Gasteiger partial charge < -0.3 is 14.2 Å². The number of benzene rings is 3. The Morgan fingerprint density at radius 3 is 2.19 bits per heavy atom. The van der Waals surface area contributed by atoms with E-state index in [2.05, 4.69) is 0 Å². The van der Waals surface area contributed by atoms with Crippen LogP contribution in [0.1, 0.15) is 21.5 Å². The minimum absolute atomic E-state index is 0.215. The highest BCUT2D eigenvalue weighted by atomic mass is 16.5. The topological polar surface area (TPSA) is 61.8 Å². The highest BCUT2D eigenvalue weighted by Crippen LogP contribution is 2.25. The van der Waals surface area contributed by atoms with Crippen LogP contribution in [0.5, 0.6) is 17.2 Å². The maximum atomic E-state index is 12.6. The summed E-state index contributed by atoms with van der Waals surface area (Å²) in [5.41, 5.74) is 2.05. The zero-order chi connectivity index (χ0) is 22.1. The van der Waals surface area contributed by atoms with Gasteiger partial charge in [0.15, 0.2) is 5.78 Å². The van der Waals surface area contributed by atoms with E-state index in [-0.39, 0.29) is 5.78 Å². The number of rotatable bonds is 8. The Morgan fingerprint density at radius 1 is 0.710 bits per heavy atom. The summed E-state index contributed by atoms with van der Waals surface area (Å²) in [7, 11) is 3.05. The largest absolute Gasteiger partial charge is 0.497 e. The van der Waals surface area contributed by atoms with Crippen molar-refractivity contribution in [2.24, 2.45) is 0 Å². The van der Waals surface area contributed by atoms with Gasteiger partial charge in [0, 0.05) is 12.1 Å². The smallest absolute Gasteiger partial charge is 0.336 e. The lowest BCUT2D eigenvalue weighted by Gasteiger charge is -2.08. The van der Waals surface area contributed by atoms with Gasteiger partial charge >= 0.3 is 5.97 Å². The summed E-state index contributed by atoms with van der Waals surface area (Å²) in [4.78, 5) is 24.6. The summed E-state index contributed by atoms with van der Waals surface area (Å²) in [6, 6.07) is 21.4. The van der Waals surface area contributed by atoms with E-state index in [4.69, 9.17) is 14.2 Å². The second-order valence-electron chi connectivity index (χ2n) is 6.50. The van der Waals surface area contributed by atoms with E-state index in [1.807, 2.05) is 36.4 Å². The van der Waals surface area contributed by atoms with E-state index in [1.54, 1.807) is 55.7 Å². The van der Waals surface area contributed by atoms with Gasteiger partial charge in [-0.3, -0.25) is 4.79 Å². The Hall–Kier alpha value is -4.12. The fourth-order valence-electron chi connectivity index (χ4n) is 2.82. The zero-order valence-electron chi connectivity index (χ0n) is 17.3. The highest BCUT2D eigenvalue weighted by Gasteiger charge is 2.11. The normalized spacial score (nSPS) is 10.9. The quantitative estimate of drug-likeness (QED) is 0.219. The van der Waals surface area contributed by atoms with Crippen molar-refractivity contribution in [3.05, 3.63) is 102 Å². The number of esters is 1. The molecule has 3 aromatic rings. The van der Waals surface area contributed by atoms with E-state index < -0.39 is 5.97 Å². The van der Waals surface area contributed by atoms with E-state index in [9.17, 15) is 9.59 Å². The van der Waals surface area contributed by atoms with E-state index in [0.29, 0.717) is 22.8 Å². The van der Waals surface area contributed by atoms with Gasteiger partial charge in [-0.25, -0.2) is 4.79 Å². The molecule has 0 bridgehead atoms. The van der Waals surface area contributed by atoms with E-state index in [1.165, 1.54) is 19.3 Å². The summed E-state index contributed by atoms with van der Waals surface area (Å²) in [5.74, 6) is 0.728. The zero-order valence-corrected chi connectivity index (χ0v) is 17.3. The number of carbonyl (C=O) groups is 2. The van der Waals surface area contributed by atoms with Crippen molar-refractivity contribution >= 4 is 23.9 Å². The molecular formula is C26H22O5. The number of methoxy groups -OCH3 is 2. The van der Waals surface area contributed by atoms with Crippen molar-refractivity contribution in [3.8, 4) is 17.2 Å². The molecule has 3 rings (SSSR count). The van der Waals surface area contributed by atoms with Crippen molar-refractivity contribution < 1.29 is 23.8 Å². The second-order valence-corrected chi connectivity index (χ2v) is 6.50. The van der Waals surface area contributed by atoms with Gasteiger partial charge in [0.05, 0.1) is 19.8 Å². The molecule has 5 nitrogen and oxygen atoms in total. The summed E-state index contributed by atoms with van der Waals surface area (Å²) in [6.45, 7) is 0. The van der Waals surface area contributed by atoms with Gasteiger partial charge in [0.1, 0.15) is 17.2 Å². The van der Waals surface area contributed by atoms with Gasteiger partial charge in [-0.15, -0.1) is 0 Å². The SMILES string of the molecule is COc1ccc(C(=O)C=Cc2cccc(OC(=O)C=Cc3ccccc3)c2)c(OC)c1. The fraction of sp³-hybridized carbons (Fsp3) is 0.0769. The van der Waals surface area contributed by atoms with Crippen LogP contribution < -0.4 is 14.2 Å². The third-order valence-corrected chi connectivity index (χ3v) is 4.39. The maximum absolute atomic E-state index is 12.6. The average Bonchev–Trinajstić information content (AvgIpc) is 2.81. The molecule has 0 radical (unpaired) electrons. The Balaban J connectivity index is 1.67. The molecule has 0 aliphatic heterocycles. The molecule has 0 heterocycles. The maximum Gasteiger partial charge on any atom is 0.336 e. The van der Waals surface area contributed by atoms with Gasteiger partial charge in [-0.2, -0.15) is 0 Å². The standard InChI is InChI=1S/C26H22O5/c1-29-21-13-14-23(25(18-21)30-2)24(27)15-11-20-9-6-10-22(17-20)31-26(28)16-12-19-7-4-3-5-8-19/h3-18H,1-2H3. The van der Waals surface area contributed by atoms with Crippen LogP contribution in [0, 0.1) is 0 Å². The summed E-state index contributed by atoms with van der Waals surface area (Å²) < 4.78 is 15.8. The predicted molar refractivity (Wildman–Crippen MR) is 120 cm³/mol. The number of ether oxygens (including phenoxy) is 3. The Kier molecular flexibility index (Phi) is 7.38. The number of allylic oxidation sites excluding steroid dienone is 1. The molecule has 0 unspecified atom stereocenters. The number of ketones is 1. The lowest BCUT2D eigenvalue weighted by atomic mass is 10.1. The molecule has 0 spiro atoms. The molecule has 0 aromatic heterocycles. The molecule has 0 amide bonds. The highest BCUT2D eigenvalue weighted by molar-refractivity contribution is 6.08. The van der Waals surface area contributed by atoms with Crippen LogP contribution in [0.3, 0.4) is 0 Å². The van der Waals surface area contributed by atoms with Gasteiger partial charge in [0.25, 0.3) is 0 Å². The molecule has 0 N–H and O–H groups in total. The van der Waals surface area contributed by atoms with Gasteiger partial charge in [-0.1, -0.05) is 48.5 Å². The van der Waals surface area contributed by atoms with Crippen molar-refractivity contribution in [2.75, 3.05) is 14.2 Å². The van der Waals surface area contributed by atoms with Crippen molar-refractivity contribution in [1.82, 2.24) is 0 Å². The molecule has 0 saturated heterocycles. The molecule has 0 aliphatic rings. The minimum atomic E-state index is -0.482. The molecule has 3 aromatic carbocycles. The van der Waals surface area contributed by atoms with Crippen LogP contribution in [0.2, 0.25) is 0 Å². The first-order chi connectivity index (χ1) is 15.1. The Morgan fingerprint density at radius 2 is 1.45 bits per heavy atom. The monoisotopic (exact) mass is 414 g/mol. The van der Waals surface area contributed by atoms with Crippen LogP contribution in [0.15, 0.2) is 84.9 Å². The van der Waals surface area contributed by atoms with Crippen LogP contribution >= 0.6 is 0 Å². The van der Waals surface area contributed by atoms with Crippen LogP contribution in [-0.2, 0) is 4.79 Å². The lowest BCUT2D eigenvalue weighted by Crippen LogP contribution is -2.03. The number of hydrogen-bond donors (Lipinski definition) is 0. The Labute approximate surface area is 181 Å². The molecule has 156 valence electrons. The van der Waals surface area contributed by atoms with Gasteiger partial charge in [-0.05, 0) is 47.5 Å². The molecule has 31 heavy (non-hydrogen) atoms. The first-order valence-electron chi connectivity index (χ1n) is 9.58. The molecule has 0 atom stereocenters. The summed E-state index contributed by atoms with van der Waals surface area (Å²) in [5, 5.41) is 0. The Bertz CT molecular complexity index is 1110. The first-order valence-corrected chi connectivity index (χ1v) is 9.58. The van der Waals surface area contributed by atoms with E-state index >= 15 is 0 Å². The second kappa shape index (κ2) is 10.6.